The molecule has 4 bridgehead atoms. The molecule has 0 atom stereocenters. The van der Waals surface area contributed by atoms with Crippen LogP contribution in [0, 0.1) is 17.8 Å². The number of nitrogens with two attached hydrogens (primary N) is 1. The minimum absolute atomic E-state index is 0. The lowest BCUT2D eigenvalue weighted by Crippen LogP contribution is -2.61. The van der Waals surface area contributed by atoms with Crippen LogP contribution in [0.15, 0.2) is 4.99 Å². The predicted molar refractivity (Wildman–Crippen MR) is 133 cm³/mol. The topological polar surface area (TPSA) is 44.9 Å². The van der Waals surface area contributed by atoms with Gasteiger partial charge in [0.25, 0.3) is 0 Å². The van der Waals surface area contributed by atoms with Crippen LogP contribution >= 0.6 is 24.8 Å². The molecule has 4 nitrogen and oxygen atoms in total. The normalized spacial score (nSPS) is 33.9. The molecule has 0 aromatic heterocycles. The highest BCUT2D eigenvalue weighted by atomic mass is 35.5. The summed E-state index contributed by atoms with van der Waals surface area (Å²) in [5, 5.41) is 0. The second kappa shape index (κ2) is 12.2. The molecular formula is C24H46Cl2N4. The van der Waals surface area contributed by atoms with E-state index in [-0.39, 0.29) is 24.8 Å². The Labute approximate surface area is 197 Å². The maximum Gasteiger partial charge on any atom is 0.191 e. The number of guanidine groups is 1. The standard InChI is InChI=1S/C24H44N4.2ClH/c1-27(24-17-20-14-21(18-24)16-22(15-20)19-24)23(25)26-10-6-5-9-13-28-11-7-3-2-4-8-12-28;;/h20-22H,2-19H2,1H3,(H2,25,26);2*1H. The van der Waals surface area contributed by atoms with E-state index in [9.17, 15) is 0 Å². The SMILES string of the molecule is CN(C(N)=NCCCCCN1CCCCCCC1)C12CC3CC(CC(C3)C1)C2.Cl.Cl. The molecule has 0 radical (unpaired) electrons. The molecule has 4 saturated carbocycles. The number of hydrogen-bond acceptors (Lipinski definition) is 2. The van der Waals surface area contributed by atoms with Crippen LogP contribution in [0.5, 0.6) is 0 Å². The van der Waals surface area contributed by atoms with Crippen molar-refractivity contribution in [2.75, 3.05) is 33.2 Å². The Kier molecular flexibility index (Phi) is 10.6. The highest BCUT2D eigenvalue weighted by Crippen LogP contribution is 2.57. The molecule has 1 aliphatic heterocycles. The van der Waals surface area contributed by atoms with Crippen molar-refractivity contribution in [1.29, 1.82) is 0 Å². The van der Waals surface area contributed by atoms with Crippen molar-refractivity contribution in [2.24, 2.45) is 28.5 Å². The Bertz CT molecular complexity index is 496. The van der Waals surface area contributed by atoms with Crippen LogP contribution in [0.3, 0.4) is 0 Å². The lowest BCUT2D eigenvalue weighted by molar-refractivity contribution is -0.0550. The fraction of sp³-hybridized carbons (Fsp3) is 0.958. The molecule has 0 unspecified atom stereocenters. The number of halogens is 2. The summed E-state index contributed by atoms with van der Waals surface area (Å²) >= 11 is 0. The van der Waals surface area contributed by atoms with Crippen LogP contribution in [-0.2, 0) is 0 Å². The average molecular weight is 462 g/mol. The van der Waals surface area contributed by atoms with Gasteiger partial charge in [-0.25, -0.2) is 0 Å². The molecule has 5 fully saturated rings. The molecule has 0 aromatic carbocycles. The third kappa shape index (κ3) is 6.42. The number of hydrogen-bond donors (Lipinski definition) is 1. The van der Waals surface area contributed by atoms with E-state index in [4.69, 9.17) is 10.7 Å². The van der Waals surface area contributed by atoms with Crippen molar-refractivity contribution in [3.05, 3.63) is 0 Å². The minimum Gasteiger partial charge on any atom is -0.370 e. The molecule has 0 amide bonds. The van der Waals surface area contributed by atoms with E-state index in [1.165, 1.54) is 110 Å². The monoisotopic (exact) mass is 460 g/mol. The van der Waals surface area contributed by atoms with E-state index in [1.54, 1.807) is 0 Å². The van der Waals surface area contributed by atoms with Crippen LogP contribution < -0.4 is 5.73 Å². The number of unbranched alkanes of at least 4 members (excludes halogenated alkanes) is 2. The van der Waals surface area contributed by atoms with Crippen LogP contribution in [0.4, 0.5) is 0 Å². The first-order valence-electron chi connectivity index (χ1n) is 12.4. The zero-order valence-corrected chi connectivity index (χ0v) is 20.8. The fourth-order valence-corrected chi connectivity index (χ4v) is 7.18. The molecule has 2 N–H and O–H groups in total. The quantitative estimate of drug-likeness (QED) is 0.310. The van der Waals surface area contributed by atoms with Crippen LogP contribution in [0.2, 0.25) is 0 Å². The van der Waals surface area contributed by atoms with Crippen molar-refractivity contribution in [1.82, 2.24) is 9.80 Å². The van der Waals surface area contributed by atoms with Gasteiger partial charge in [0.15, 0.2) is 5.96 Å². The number of rotatable bonds is 7. The van der Waals surface area contributed by atoms with Crippen molar-refractivity contribution in [2.45, 2.75) is 95.4 Å². The van der Waals surface area contributed by atoms with Gasteiger partial charge in [0.1, 0.15) is 0 Å². The highest BCUT2D eigenvalue weighted by molar-refractivity contribution is 5.85. The van der Waals surface area contributed by atoms with Gasteiger partial charge in [0.05, 0.1) is 0 Å². The minimum atomic E-state index is 0. The van der Waals surface area contributed by atoms with Crippen LogP contribution in [-0.4, -0.2) is 54.5 Å². The van der Waals surface area contributed by atoms with Gasteiger partial charge in [0, 0.05) is 19.1 Å². The predicted octanol–water partition coefficient (Wildman–Crippen LogP) is 5.48. The molecule has 30 heavy (non-hydrogen) atoms. The van der Waals surface area contributed by atoms with Crippen molar-refractivity contribution >= 4 is 30.8 Å². The maximum atomic E-state index is 6.47. The first-order valence-corrected chi connectivity index (χ1v) is 12.4. The lowest BCUT2D eigenvalue weighted by atomic mass is 9.52. The molecule has 0 aromatic rings. The van der Waals surface area contributed by atoms with Crippen LogP contribution in [0.25, 0.3) is 0 Å². The Morgan fingerprint density at radius 2 is 1.40 bits per heavy atom. The number of nitrogens with zero attached hydrogens (tertiary/aromatic N) is 3. The first kappa shape index (κ1) is 26.1. The van der Waals surface area contributed by atoms with Gasteiger partial charge in [-0.3, -0.25) is 4.99 Å². The summed E-state index contributed by atoms with van der Waals surface area (Å²) in [6.45, 7) is 4.83. The first-order chi connectivity index (χ1) is 13.6. The summed E-state index contributed by atoms with van der Waals surface area (Å²) in [6, 6.07) is 0. The van der Waals surface area contributed by atoms with Crippen molar-refractivity contribution in [3.63, 3.8) is 0 Å². The molecule has 1 saturated heterocycles. The molecule has 5 aliphatic rings. The summed E-state index contributed by atoms with van der Waals surface area (Å²) in [7, 11) is 2.23. The fourth-order valence-electron chi connectivity index (χ4n) is 7.18. The van der Waals surface area contributed by atoms with E-state index in [2.05, 4.69) is 16.8 Å². The Morgan fingerprint density at radius 1 is 0.867 bits per heavy atom. The summed E-state index contributed by atoms with van der Waals surface area (Å²) in [4.78, 5) is 9.89. The van der Waals surface area contributed by atoms with E-state index in [1.807, 2.05) is 0 Å². The Balaban J connectivity index is 0.00000160. The van der Waals surface area contributed by atoms with Crippen molar-refractivity contribution < 1.29 is 0 Å². The van der Waals surface area contributed by atoms with Gasteiger partial charge in [-0.15, -0.1) is 24.8 Å². The molecule has 4 aliphatic carbocycles. The van der Waals surface area contributed by atoms with Gasteiger partial charge in [-0.2, -0.15) is 0 Å². The van der Waals surface area contributed by atoms with Gasteiger partial charge < -0.3 is 15.5 Å². The number of aliphatic imine (C=N–C) groups is 1. The lowest BCUT2D eigenvalue weighted by Gasteiger charge is -2.60. The second-order valence-electron chi connectivity index (χ2n) is 10.6. The van der Waals surface area contributed by atoms with E-state index < -0.39 is 0 Å². The smallest absolute Gasteiger partial charge is 0.191 e. The van der Waals surface area contributed by atoms with Gasteiger partial charge in [0.2, 0.25) is 0 Å². The maximum absolute atomic E-state index is 6.47. The van der Waals surface area contributed by atoms with Gasteiger partial charge in [-0.05, 0) is 102 Å². The van der Waals surface area contributed by atoms with Gasteiger partial charge >= 0.3 is 0 Å². The summed E-state index contributed by atoms with van der Waals surface area (Å²) in [5.74, 6) is 3.70. The number of likely N-dealkylation sites (tertiary alicyclic amines) is 1. The second-order valence-corrected chi connectivity index (χ2v) is 10.6. The molecule has 1 heterocycles. The van der Waals surface area contributed by atoms with E-state index >= 15 is 0 Å². The third-order valence-corrected chi connectivity index (χ3v) is 8.42. The Morgan fingerprint density at radius 3 is 1.97 bits per heavy atom. The average Bonchev–Trinajstić information content (AvgIpc) is 2.64. The zero-order valence-electron chi connectivity index (χ0n) is 19.2. The summed E-state index contributed by atoms with van der Waals surface area (Å²) < 4.78 is 0. The summed E-state index contributed by atoms with van der Waals surface area (Å²) in [6.07, 6.45) is 19.5. The van der Waals surface area contributed by atoms with E-state index in [0.29, 0.717) is 5.54 Å². The zero-order chi connectivity index (χ0) is 19.4. The Hall–Kier alpha value is -0.190. The summed E-state index contributed by atoms with van der Waals surface area (Å²) in [5.41, 5.74) is 6.81. The van der Waals surface area contributed by atoms with E-state index in [0.717, 1.165) is 30.3 Å². The molecular weight excluding hydrogens is 415 g/mol. The van der Waals surface area contributed by atoms with Crippen molar-refractivity contribution in [3.8, 4) is 0 Å². The largest absolute Gasteiger partial charge is 0.370 e. The molecule has 176 valence electrons. The molecule has 6 heteroatoms. The molecule has 5 rings (SSSR count). The third-order valence-electron chi connectivity index (χ3n) is 8.42. The molecule has 0 spiro atoms. The van der Waals surface area contributed by atoms with Gasteiger partial charge in [-0.1, -0.05) is 25.7 Å². The van der Waals surface area contributed by atoms with Crippen LogP contribution in [0.1, 0.15) is 89.9 Å². The highest BCUT2D eigenvalue weighted by Gasteiger charge is 2.53.